The molecule has 0 amide bonds. The molecule has 0 spiro atoms. The van der Waals surface area contributed by atoms with Gasteiger partial charge in [0.15, 0.2) is 0 Å². The minimum Gasteiger partial charge on any atom is -0.497 e. The largest absolute Gasteiger partial charge is 0.497 e. The van der Waals surface area contributed by atoms with Crippen molar-refractivity contribution in [2.24, 2.45) is 0 Å². The third-order valence-corrected chi connectivity index (χ3v) is 2.92. The average molecular weight is 261 g/mol. The number of ether oxygens (including phenoxy) is 2. The van der Waals surface area contributed by atoms with Gasteiger partial charge in [0.2, 0.25) is 0 Å². The standard InChI is InChI=1S/C15H19NO3/c1-10-5-6-15(19-10)11(2)16-12-7-13(17-3)9-14(8-12)18-4/h5-9,11,16H,1-4H3. The second-order valence-electron chi connectivity index (χ2n) is 4.42. The third-order valence-electron chi connectivity index (χ3n) is 2.92. The minimum absolute atomic E-state index is 0.0745. The number of methoxy groups -OCH3 is 2. The summed E-state index contributed by atoms with van der Waals surface area (Å²) >= 11 is 0. The summed E-state index contributed by atoms with van der Waals surface area (Å²) in [7, 11) is 3.27. The Kier molecular flexibility index (Phi) is 4.00. The van der Waals surface area contributed by atoms with Crippen molar-refractivity contribution in [3.63, 3.8) is 0 Å². The van der Waals surface area contributed by atoms with E-state index in [9.17, 15) is 0 Å². The SMILES string of the molecule is COc1cc(NC(C)c2ccc(C)o2)cc(OC)c1. The zero-order valence-electron chi connectivity index (χ0n) is 11.7. The number of rotatable bonds is 5. The topological polar surface area (TPSA) is 43.6 Å². The Morgan fingerprint density at radius 1 is 1.05 bits per heavy atom. The van der Waals surface area contributed by atoms with Gasteiger partial charge in [-0.2, -0.15) is 0 Å². The Hall–Kier alpha value is -2.10. The monoisotopic (exact) mass is 261 g/mol. The highest BCUT2D eigenvalue weighted by atomic mass is 16.5. The molecule has 2 rings (SSSR count). The summed E-state index contributed by atoms with van der Waals surface area (Å²) in [6.45, 7) is 3.98. The highest BCUT2D eigenvalue weighted by molar-refractivity contribution is 5.54. The van der Waals surface area contributed by atoms with Crippen molar-refractivity contribution in [3.8, 4) is 11.5 Å². The van der Waals surface area contributed by atoms with Crippen LogP contribution in [0.4, 0.5) is 5.69 Å². The van der Waals surface area contributed by atoms with Crippen LogP contribution in [0.15, 0.2) is 34.7 Å². The van der Waals surface area contributed by atoms with Gasteiger partial charge in [0, 0.05) is 23.9 Å². The number of hydrogen-bond acceptors (Lipinski definition) is 4. The summed E-state index contributed by atoms with van der Waals surface area (Å²) in [5, 5.41) is 3.37. The summed E-state index contributed by atoms with van der Waals surface area (Å²) in [5.41, 5.74) is 0.928. The van der Waals surface area contributed by atoms with Gasteiger partial charge in [0.05, 0.1) is 20.3 Å². The molecule has 0 saturated carbocycles. The lowest BCUT2D eigenvalue weighted by Gasteiger charge is -2.15. The van der Waals surface area contributed by atoms with E-state index in [1.807, 2.05) is 44.2 Å². The molecule has 0 bridgehead atoms. The quantitative estimate of drug-likeness (QED) is 0.889. The number of aryl methyl sites for hydroxylation is 1. The lowest BCUT2D eigenvalue weighted by molar-refractivity contribution is 0.394. The van der Waals surface area contributed by atoms with Crippen LogP contribution in [0.25, 0.3) is 0 Å². The van der Waals surface area contributed by atoms with Crippen molar-refractivity contribution in [2.45, 2.75) is 19.9 Å². The summed E-state index contributed by atoms with van der Waals surface area (Å²) < 4.78 is 16.1. The highest BCUT2D eigenvalue weighted by Crippen LogP contribution is 2.28. The molecule has 2 aromatic rings. The maximum atomic E-state index is 5.61. The van der Waals surface area contributed by atoms with Gasteiger partial charge in [0.1, 0.15) is 23.0 Å². The van der Waals surface area contributed by atoms with E-state index in [-0.39, 0.29) is 6.04 Å². The van der Waals surface area contributed by atoms with Crippen molar-refractivity contribution >= 4 is 5.69 Å². The van der Waals surface area contributed by atoms with E-state index >= 15 is 0 Å². The van der Waals surface area contributed by atoms with Crippen LogP contribution in [0, 0.1) is 6.92 Å². The van der Waals surface area contributed by atoms with Gasteiger partial charge in [-0.25, -0.2) is 0 Å². The number of furan rings is 1. The van der Waals surface area contributed by atoms with Gasteiger partial charge >= 0.3 is 0 Å². The molecule has 0 saturated heterocycles. The zero-order chi connectivity index (χ0) is 13.8. The van der Waals surface area contributed by atoms with E-state index < -0.39 is 0 Å². The second kappa shape index (κ2) is 5.69. The predicted molar refractivity (Wildman–Crippen MR) is 75.0 cm³/mol. The van der Waals surface area contributed by atoms with E-state index in [2.05, 4.69) is 5.32 Å². The number of hydrogen-bond donors (Lipinski definition) is 1. The molecule has 19 heavy (non-hydrogen) atoms. The first-order valence-corrected chi connectivity index (χ1v) is 6.18. The van der Waals surface area contributed by atoms with E-state index in [0.717, 1.165) is 28.7 Å². The van der Waals surface area contributed by atoms with Crippen LogP contribution >= 0.6 is 0 Å². The first kappa shape index (κ1) is 13.3. The molecule has 102 valence electrons. The summed E-state index contributed by atoms with van der Waals surface area (Å²) in [6.07, 6.45) is 0. The average Bonchev–Trinajstić information content (AvgIpc) is 2.85. The van der Waals surface area contributed by atoms with E-state index in [1.54, 1.807) is 14.2 Å². The first-order valence-electron chi connectivity index (χ1n) is 6.18. The van der Waals surface area contributed by atoms with Gasteiger partial charge in [-0.3, -0.25) is 0 Å². The summed E-state index contributed by atoms with van der Waals surface area (Å²) in [5.74, 6) is 3.32. The molecule has 4 heteroatoms. The lowest BCUT2D eigenvalue weighted by Crippen LogP contribution is -2.05. The van der Waals surface area contributed by atoms with Crippen LogP contribution in [0.3, 0.4) is 0 Å². The number of benzene rings is 1. The van der Waals surface area contributed by atoms with Crippen LogP contribution in [0.5, 0.6) is 11.5 Å². The van der Waals surface area contributed by atoms with Crippen LogP contribution < -0.4 is 14.8 Å². The van der Waals surface area contributed by atoms with Crippen molar-refractivity contribution < 1.29 is 13.9 Å². The summed E-state index contributed by atoms with van der Waals surface area (Å²) in [6, 6.07) is 9.70. The van der Waals surface area contributed by atoms with Crippen LogP contribution in [0.1, 0.15) is 24.5 Å². The Labute approximate surface area is 113 Å². The van der Waals surface area contributed by atoms with Gasteiger partial charge in [-0.05, 0) is 26.0 Å². The van der Waals surface area contributed by atoms with Gasteiger partial charge in [0.25, 0.3) is 0 Å². The molecule has 1 N–H and O–H groups in total. The molecule has 1 unspecified atom stereocenters. The maximum absolute atomic E-state index is 5.61. The molecule has 0 radical (unpaired) electrons. The Bertz CT molecular complexity index is 526. The van der Waals surface area contributed by atoms with E-state index in [4.69, 9.17) is 13.9 Å². The van der Waals surface area contributed by atoms with E-state index in [1.165, 1.54) is 0 Å². The van der Waals surface area contributed by atoms with Gasteiger partial charge in [-0.15, -0.1) is 0 Å². The normalized spacial score (nSPS) is 12.0. The molecular weight excluding hydrogens is 242 g/mol. The highest BCUT2D eigenvalue weighted by Gasteiger charge is 2.10. The maximum Gasteiger partial charge on any atom is 0.126 e. The van der Waals surface area contributed by atoms with Gasteiger partial charge < -0.3 is 19.2 Å². The lowest BCUT2D eigenvalue weighted by atomic mass is 10.2. The van der Waals surface area contributed by atoms with Crippen LogP contribution in [-0.2, 0) is 0 Å². The molecule has 1 heterocycles. The molecule has 0 fully saturated rings. The van der Waals surface area contributed by atoms with Crippen molar-refractivity contribution in [1.82, 2.24) is 0 Å². The first-order chi connectivity index (χ1) is 9.12. The Morgan fingerprint density at radius 2 is 1.68 bits per heavy atom. The minimum atomic E-state index is 0.0745. The third kappa shape index (κ3) is 3.22. The molecule has 0 aliphatic carbocycles. The second-order valence-corrected chi connectivity index (χ2v) is 4.42. The smallest absolute Gasteiger partial charge is 0.126 e. The summed E-state index contributed by atoms with van der Waals surface area (Å²) in [4.78, 5) is 0. The number of anilines is 1. The molecule has 0 aliphatic rings. The molecule has 1 aromatic heterocycles. The molecule has 1 aromatic carbocycles. The number of nitrogens with one attached hydrogen (secondary N) is 1. The molecule has 0 aliphatic heterocycles. The fourth-order valence-electron chi connectivity index (χ4n) is 1.90. The van der Waals surface area contributed by atoms with Crippen LogP contribution in [0.2, 0.25) is 0 Å². The van der Waals surface area contributed by atoms with Crippen molar-refractivity contribution in [3.05, 3.63) is 41.9 Å². The molecule has 1 atom stereocenters. The fourth-order valence-corrected chi connectivity index (χ4v) is 1.90. The molecule has 4 nitrogen and oxygen atoms in total. The van der Waals surface area contributed by atoms with Crippen LogP contribution in [-0.4, -0.2) is 14.2 Å². The Balaban J connectivity index is 2.18. The van der Waals surface area contributed by atoms with Crippen molar-refractivity contribution in [2.75, 3.05) is 19.5 Å². The zero-order valence-corrected chi connectivity index (χ0v) is 11.7. The van der Waals surface area contributed by atoms with Crippen molar-refractivity contribution in [1.29, 1.82) is 0 Å². The predicted octanol–water partition coefficient (Wildman–Crippen LogP) is 3.78. The van der Waals surface area contributed by atoms with E-state index in [0.29, 0.717) is 0 Å². The fraction of sp³-hybridized carbons (Fsp3) is 0.333. The Morgan fingerprint density at radius 3 is 2.16 bits per heavy atom. The van der Waals surface area contributed by atoms with Gasteiger partial charge in [-0.1, -0.05) is 0 Å². The molecular formula is C15H19NO3.